The van der Waals surface area contributed by atoms with Gasteiger partial charge in [0.25, 0.3) is 0 Å². The summed E-state index contributed by atoms with van der Waals surface area (Å²) in [6.07, 6.45) is 0.827. The number of carbonyl (C=O) groups is 3. The van der Waals surface area contributed by atoms with E-state index >= 15 is 0 Å². The fourth-order valence-electron chi connectivity index (χ4n) is 7.28. The Kier molecular flexibility index (Phi) is 5.62. The van der Waals surface area contributed by atoms with Gasteiger partial charge in [-0.2, -0.15) is 0 Å². The quantitative estimate of drug-likeness (QED) is 0.355. The topological polar surface area (TPSA) is 96.5 Å². The van der Waals surface area contributed by atoms with Crippen LogP contribution in [0, 0.1) is 29.6 Å². The van der Waals surface area contributed by atoms with Gasteiger partial charge in [-0.3, -0.25) is 19.3 Å². The Morgan fingerprint density at radius 2 is 1.71 bits per heavy atom. The smallest absolute Gasteiger partial charge is 0.338 e. The van der Waals surface area contributed by atoms with E-state index in [1.54, 1.807) is 43.0 Å². The molecule has 38 heavy (non-hydrogen) atoms. The van der Waals surface area contributed by atoms with Gasteiger partial charge in [0.15, 0.2) is 0 Å². The molecule has 2 bridgehead atoms. The summed E-state index contributed by atoms with van der Waals surface area (Å²) < 4.78 is 5.05. The number of thiazole rings is 1. The number of ether oxygens (including phenoxy) is 1. The molecule has 4 aliphatic rings. The lowest BCUT2D eigenvalue weighted by Crippen LogP contribution is -2.42. The first kappa shape index (κ1) is 24.2. The second kappa shape index (κ2) is 8.83. The van der Waals surface area contributed by atoms with Crippen molar-refractivity contribution in [2.24, 2.45) is 29.6 Å². The molecule has 5 unspecified atom stereocenters. The first-order valence-electron chi connectivity index (χ1n) is 12.7. The lowest BCUT2D eigenvalue weighted by molar-refractivity contribution is -0.123. The van der Waals surface area contributed by atoms with Crippen molar-refractivity contribution in [1.82, 2.24) is 4.98 Å². The Hall–Kier alpha value is -2.88. The number of aromatic nitrogens is 1. The molecule has 2 aliphatic carbocycles. The molecule has 7 atom stereocenters. The number of fused-ring (bicyclic) bond motifs is 9. The van der Waals surface area contributed by atoms with Crippen molar-refractivity contribution in [2.75, 3.05) is 11.5 Å². The van der Waals surface area contributed by atoms with Crippen LogP contribution in [0.5, 0.6) is 0 Å². The van der Waals surface area contributed by atoms with Crippen LogP contribution in [0.4, 0.5) is 5.69 Å². The summed E-state index contributed by atoms with van der Waals surface area (Å²) in [7, 11) is 0. The Labute approximate surface area is 231 Å². The fraction of sp³-hybridized carbons (Fsp3) is 0.357. The van der Waals surface area contributed by atoms with Crippen molar-refractivity contribution >= 4 is 58.2 Å². The Morgan fingerprint density at radius 1 is 1.03 bits per heavy atom. The van der Waals surface area contributed by atoms with E-state index in [2.05, 4.69) is 4.98 Å². The number of benzene rings is 2. The third-order valence-electron chi connectivity index (χ3n) is 8.59. The average molecular weight is 567 g/mol. The van der Waals surface area contributed by atoms with E-state index in [0.29, 0.717) is 16.3 Å². The molecule has 1 N–H and O–H groups in total. The molecule has 2 aromatic carbocycles. The molecular formula is C28H23ClN2O5S2. The van der Waals surface area contributed by atoms with Crippen LogP contribution in [0.15, 0.2) is 58.4 Å². The van der Waals surface area contributed by atoms with Crippen LogP contribution in [0.1, 0.15) is 40.1 Å². The molecule has 3 aromatic rings. The minimum absolute atomic E-state index is 0.0331. The SMILES string of the molecule is CCOC(=O)c1ccc(N2C(=O)C3C(C2=O)[C@@H]2C[C@H]3C3Sc4[nH]c(=O)sc4C(c4ccc(Cl)cc4)C32)cc1. The van der Waals surface area contributed by atoms with Crippen LogP contribution >= 0.6 is 34.7 Å². The molecule has 7 rings (SSSR count). The monoisotopic (exact) mass is 566 g/mol. The van der Waals surface area contributed by atoms with Gasteiger partial charge in [-0.05, 0) is 73.1 Å². The lowest BCUT2D eigenvalue weighted by Gasteiger charge is -2.43. The van der Waals surface area contributed by atoms with E-state index in [1.165, 1.54) is 16.2 Å². The van der Waals surface area contributed by atoms with Gasteiger partial charge >= 0.3 is 10.8 Å². The highest BCUT2D eigenvalue weighted by atomic mass is 35.5. The summed E-state index contributed by atoms with van der Waals surface area (Å²) in [6, 6.07) is 14.2. The first-order valence-corrected chi connectivity index (χ1v) is 14.7. The molecule has 7 nitrogen and oxygen atoms in total. The number of halogens is 1. The molecule has 1 aromatic heterocycles. The van der Waals surface area contributed by atoms with Gasteiger partial charge in [-0.15, -0.1) is 11.8 Å². The third-order valence-corrected chi connectivity index (χ3v) is 11.4. The van der Waals surface area contributed by atoms with Gasteiger partial charge in [-0.1, -0.05) is 35.1 Å². The van der Waals surface area contributed by atoms with Crippen molar-refractivity contribution in [3.63, 3.8) is 0 Å². The summed E-state index contributed by atoms with van der Waals surface area (Å²) in [6.45, 7) is 2.01. The van der Waals surface area contributed by atoms with Gasteiger partial charge in [0, 0.05) is 21.1 Å². The largest absolute Gasteiger partial charge is 0.462 e. The average Bonchev–Trinajstić information content (AvgIpc) is 3.64. The summed E-state index contributed by atoms with van der Waals surface area (Å²) in [5.74, 6) is -1.34. The Balaban J connectivity index is 1.25. The number of rotatable bonds is 4. The van der Waals surface area contributed by atoms with Crippen LogP contribution in [0.2, 0.25) is 5.02 Å². The van der Waals surface area contributed by atoms with Crippen LogP contribution in [0.3, 0.4) is 0 Å². The third kappa shape index (κ3) is 3.41. The highest BCUT2D eigenvalue weighted by molar-refractivity contribution is 8.00. The van der Waals surface area contributed by atoms with Crippen molar-refractivity contribution in [3.8, 4) is 0 Å². The summed E-state index contributed by atoms with van der Waals surface area (Å²) in [5, 5.41) is 1.66. The van der Waals surface area contributed by atoms with Gasteiger partial charge in [0.2, 0.25) is 11.8 Å². The number of nitrogens with one attached hydrogen (secondary N) is 1. The number of esters is 1. The van der Waals surface area contributed by atoms with Crippen LogP contribution in [-0.4, -0.2) is 34.6 Å². The Bertz CT molecular complexity index is 1530. The number of nitrogens with zero attached hydrogens (tertiary/aromatic N) is 1. The highest BCUT2D eigenvalue weighted by Gasteiger charge is 2.69. The molecular weight excluding hydrogens is 544 g/mol. The number of H-pyrrole nitrogens is 1. The molecule has 0 spiro atoms. The molecule has 3 fully saturated rings. The van der Waals surface area contributed by atoms with Gasteiger partial charge < -0.3 is 9.72 Å². The fourth-order valence-corrected chi connectivity index (χ4v) is 10.3. The van der Waals surface area contributed by atoms with E-state index in [0.717, 1.165) is 21.9 Å². The van der Waals surface area contributed by atoms with Gasteiger partial charge in [-0.25, -0.2) is 4.79 Å². The number of hydrogen-bond acceptors (Lipinski definition) is 7. The molecule has 2 aliphatic heterocycles. The van der Waals surface area contributed by atoms with E-state index in [4.69, 9.17) is 16.3 Å². The maximum Gasteiger partial charge on any atom is 0.338 e. The highest BCUT2D eigenvalue weighted by Crippen LogP contribution is 2.68. The summed E-state index contributed by atoms with van der Waals surface area (Å²) in [5.41, 5.74) is 1.94. The number of thioether (sulfide) groups is 1. The minimum Gasteiger partial charge on any atom is -0.462 e. The molecule has 0 radical (unpaired) electrons. The molecule has 1 saturated heterocycles. The zero-order valence-corrected chi connectivity index (χ0v) is 22.6. The predicted octanol–water partition coefficient (Wildman–Crippen LogP) is 4.94. The molecule has 2 amide bonds. The maximum absolute atomic E-state index is 13.9. The first-order chi connectivity index (χ1) is 18.4. The van der Waals surface area contributed by atoms with E-state index < -0.39 is 5.97 Å². The standard InChI is InChI=1S/C28H23ClN2O5S2/c1-2-36-27(34)13-5-9-15(10-6-13)31-25(32)20-16-11-17(21(20)26(31)33)22-19(16)18(12-3-7-14(29)8-4-12)23-24(37-22)30-28(35)38-23/h3-10,16-22H,2,11H2,1H3,(H,30,35)/t16-,17-,18?,19?,20?,21?,22?/m1/s1. The summed E-state index contributed by atoms with van der Waals surface area (Å²) in [4.78, 5) is 57.3. The lowest BCUT2D eigenvalue weighted by atomic mass is 9.68. The minimum atomic E-state index is -0.437. The second-order valence-electron chi connectivity index (χ2n) is 10.3. The van der Waals surface area contributed by atoms with Crippen molar-refractivity contribution in [1.29, 1.82) is 0 Å². The molecule has 2 saturated carbocycles. The maximum atomic E-state index is 13.9. The molecule has 10 heteroatoms. The number of anilines is 1. The number of amides is 2. The molecule has 194 valence electrons. The van der Waals surface area contributed by atoms with Crippen LogP contribution < -0.4 is 9.77 Å². The van der Waals surface area contributed by atoms with Crippen molar-refractivity contribution < 1.29 is 19.1 Å². The number of imide groups is 1. The predicted molar refractivity (Wildman–Crippen MR) is 145 cm³/mol. The Morgan fingerprint density at radius 3 is 2.39 bits per heavy atom. The van der Waals surface area contributed by atoms with Crippen molar-refractivity contribution in [2.45, 2.75) is 29.5 Å². The van der Waals surface area contributed by atoms with Crippen LogP contribution in [0.25, 0.3) is 0 Å². The zero-order chi connectivity index (χ0) is 26.3. The van der Waals surface area contributed by atoms with E-state index in [9.17, 15) is 19.2 Å². The molecule has 3 heterocycles. The van der Waals surface area contributed by atoms with Gasteiger partial charge in [0.05, 0.1) is 34.7 Å². The van der Waals surface area contributed by atoms with Crippen LogP contribution in [-0.2, 0) is 14.3 Å². The van der Waals surface area contributed by atoms with Gasteiger partial charge in [0.1, 0.15) is 0 Å². The number of aromatic amines is 1. The van der Waals surface area contributed by atoms with E-state index in [1.807, 2.05) is 24.3 Å². The zero-order valence-electron chi connectivity index (χ0n) is 20.3. The number of carbonyl (C=O) groups excluding carboxylic acids is 3. The second-order valence-corrected chi connectivity index (χ2v) is 12.9. The van der Waals surface area contributed by atoms with E-state index in [-0.39, 0.29) is 64.1 Å². The number of hydrogen-bond donors (Lipinski definition) is 1. The summed E-state index contributed by atoms with van der Waals surface area (Å²) >= 11 is 9.09. The normalized spacial score (nSPS) is 30.8. The van der Waals surface area contributed by atoms with Crippen molar-refractivity contribution in [3.05, 3.63) is 79.2 Å².